The van der Waals surface area contributed by atoms with Crippen molar-refractivity contribution in [3.05, 3.63) is 29.3 Å². The lowest BCUT2D eigenvalue weighted by Crippen LogP contribution is -2.43. The molecule has 0 aliphatic heterocycles. The van der Waals surface area contributed by atoms with E-state index in [2.05, 4.69) is 17.4 Å². The SMILES string of the molecule is COc1ccc2c(c1)C(NC1CCCCC1O)CC2. The molecule has 3 nitrogen and oxygen atoms in total. The second kappa shape index (κ2) is 5.51. The molecule has 0 spiro atoms. The van der Waals surface area contributed by atoms with E-state index in [0.717, 1.165) is 37.9 Å². The van der Waals surface area contributed by atoms with Gasteiger partial charge in [-0.1, -0.05) is 18.9 Å². The Hall–Kier alpha value is -1.06. The summed E-state index contributed by atoms with van der Waals surface area (Å²) in [4.78, 5) is 0. The fraction of sp³-hybridized carbons (Fsp3) is 0.625. The molecule has 3 heteroatoms. The lowest BCUT2D eigenvalue weighted by atomic mass is 9.91. The van der Waals surface area contributed by atoms with Crippen molar-refractivity contribution >= 4 is 0 Å². The highest BCUT2D eigenvalue weighted by molar-refractivity contribution is 5.40. The molecule has 1 aromatic rings. The van der Waals surface area contributed by atoms with Gasteiger partial charge in [-0.15, -0.1) is 0 Å². The summed E-state index contributed by atoms with van der Waals surface area (Å²) < 4.78 is 5.32. The van der Waals surface area contributed by atoms with Gasteiger partial charge in [0.1, 0.15) is 5.75 Å². The average molecular weight is 261 g/mol. The number of rotatable bonds is 3. The standard InChI is InChI=1S/C16H23NO2/c1-19-12-8-6-11-7-9-14(13(11)10-12)17-15-4-2-3-5-16(15)18/h6,8,10,14-18H,2-5,7,9H2,1H3. The summed E-state index contributed by atoms with van der Waals surface area (Å²) in [5.41, 5.74) is 2.78. The lowest BCUT2D eigenvalue weighted by molar-refractivity contribution is 0.0848. The summed E-state index contributed by atoms with van der Waals surface area (Å²) in [6.07, 6.45) is 6.50. The van der Waals surface area contributed by atoms with E-state index in [1.807, 2.05) is 6.07 Å². The largest absolute Gasteiger partial charge is 0.497 e. The molecule has 19 heavy (non-hydrogen) atoms. The molecule has 3 unspecified atom stereocenters. The van der Waals surface area contributed by atoms with Crippen LogP contribution in [0, 0.1) is 0 Å². The van der Waals surface area contributed by atoms with E-state index >= 15 is 0 Å². The van der Waals surface area contributed by atoms with Gasteiger partial charge in [-0.25, -0.2) is 0 Å². The summed E-state index contributed by atoms with van der Waals surface area (Å²) in [6, 6.07) is 7.00. The van der Waals surface area contributed by atoms with E-state index in [0.29, 0.717) is 6.04 Å². The minimum atomic E-state index is -0.177. The van der Waals surface area contributed by atoms with Gasteiger partial charge >= 0.3 is 0 Å². The zero-order valence-corrected chi connectivity index (χ0v) is 11.6. The minimum Gasteiger partial charge on any atom is -0.497 e. The molecule has 2 aliphatic rings. The van der Waals surface area contributed by atoms with Gasteiger partial charge in [0.2, 0.25) is 0 Å². The van der Waals surface area contributed by atoms with E-state index in [1.165, 1.54) is 17.5 Å². The first kappa shape index (κ1) is 12.9. The molecule has 0 radical (unpaired) electrons. The maximum atomic E-state index is 10.1. The van der Waals surface area contributed by atoms with Gasteiger partial charge in [-0.2, -0.15) is 0 Å². The highest BCUT2D eigenvalue weighted by Gasteiger charge is 2.29. The van der Waals surface area contributed by atoms with Crippen LogP contribution in [0.15, 0.2) is 18.2 Å². The molecule has 1 saturated carbocycles. The molecule has 0 heterocycles. The summed E-state index contributed by atoms with van der Waals surface area (Å²) in [5.74, 6) is 0.927. The Morgan fingerprint density at radius 2 is 2.05 bits per heavy atom. The Bertz CT molecular complexity index is 446. The van der Waals surface area contributed by atoms with Crippen molar-refractivity contribution < 1.29 is 9.84 Å². The number of ether oxygens (including phenoxy) is 1. The maximum absolute atomic E-state index is 10.1. The van der Waals surface area contributed by atoms with Crippen LogP contribution in [-0.2, 0) is 6.42 Å². The summed E-state index contributed by atoms with van der Waals surface area (Å²) in [7, 11) is 1.71. The molecule has 0 aromatic heterocycles. The molecule has 0 bridgehead atoms. The predicted molar refractivity (Wildman–Crippen MR) is 75.5 cm³/mol. The van der Waals surface area contributed by atoms with Crippen molar-refractivity contribution in [1.82, 2.24) is 5.32 Å². The summed E-state index contributed by atoms with van der Waals surface area (Å²) in [5, 5.41) is 13.8. The van der Waals surface area contributed by atoms with Gasteiger partial charge in [0.05, 0.1) is 13.2 Å². The van der Waals surface area contributed by atoms with E-state index in [1.54, 1.807) is 7.11 Å². The van der Waals surface area contributed by atoms with Crippen molar-refractivity contribution in [3.8, 4) is 5.75 Å². The first-order valence-corrected chi connectivity index (χ1v) is 7.39. The molecule has 3 rings (SSSR count). The van der Waals surface area contributed by atoms with E-state index in [-0.39, 0.29) is 12.1 Å². The van der Waals surface area contributed by atoms with Gasteiger partial charge in [0, 0.05) is 12.1 Å². The van der Waals surface area contributed by atoms with Crippen LogP contribution in [0.3, 0.4) is 0 Å². The summed E-state index contributed by atoms with van der Waals surface area (Å²) in [6.45, 7) is 0. The third-order valence-electron chi connectivity index (χ3n) is 4.58. The highest BCUT2D eigenvalue weighted by Crippen LogP contribution is 2.35. The third kappa shape index (κ3) is 2.63. The first-order chi connectivity index (χ1) is 9.28. The molecular formula is C16H23NO2. The maximum Gasteiger partial charge on any atom is 0.119 e. The first-order valence-electron chi connectivity index (χ1n) is 7.39. The molecule has 2 N–H and O–H groups in total. The van der Waals surface area contributed by atoms with E-state index < -0.39 is 0 Å². The fourth-order valence-corrected chi connectivity index (χ4v) is 3.44. The van der Waals surface area contributed by atoms with Crippen LogP contribution in [0.4, 0.5) is 0 Å². The normalized spacial score (nSPS) is 30.1. The van der Waals surface area contributed by atoms with Crippen molar-refractivity contribution in [1.29, 1.82) is 0 Å². The number of benzene rings is 1. The molecule has 2 aliphatic carbocycles. The van der Waals surface area contributed by atoms with Crippen molar-refractivity contribution in [3.63, 3.8) is 0 Å². The molecule has 3 atom stereocenters. The number of aryl methyl sites for hydroxylation is 1. The Morgan fingerprint density at radius 1 is 1.21 bits per heavy atom. The van der Waals surface area contributed by atoms with Gasteiger partial charge < -0.3 is 15.2 Å². The number of fused-ring (bicyclic) bond motifs is 1. The van der Waals surface area contributed by atoms with Crippen LogP contribution in [0.2, 0.25) is 0 Å². The molecule has 104 valence electrons. The number of methoxy groups -OCH3 is 1. The Morgan fingerprint density at radius 3 is 2.84 bits per heavy atom. The second-order valence-corrected chi connectivity index (χ2v) is 5.78. The smallest absolute Gasteiger partial charge is 0.119 e. The second-order valence-electron chi connectivity index (χ2n) is 5.78. The van der Waals surface area contributed by atoms with E-state index in [4.69, 9.17) is 4.74 Å². The van der Waals surface area contributed by atoms with Gasteiger partial charge in [0.25, 0.3) is 0 Å². The van der Waals surface area contributed by atoms with E-state index in [9.17, 15) is 5.11 Å². The Labute approximate surface area is 115 Å². The zero-order valence-electron chi connectivity index (χ0n) is 11.6. The van der Waals surface area contributed by atoms with Crippen LogP contribution in [0.1, 0.15) is 49.3 Å². The van der Waals surface area contributed by atoms with Gasteiger partial charge in [0.15, 0.2) is 0 Å². The van der Waals surface area contributed by atoms with Crippen LogP contribution in [0.25, 0.3) is 0 Å². The lowest BCUT2D eigenvalue weighted by Gasteiger charge is -2.31. The van der Waals surface area contributed by atoms with Crippen LogP contribution in [-0.4, -0.2) is 24.4 Å². The third-order valence-corrected chi connectivity index (χ3v) is 4.58. The Balaban J connectivity index is 1.74. The highest BCUT2D eigenvalue weighted by atomic mass is 16.5. The Kier molecular flexibility index (Phi) is 3.76. The molecule has 0 amide bonds. The number of hydrogen-bond acceptors (Lipinski definition) is 3. The number of aliphatic hydroxyl groups excluding tert-OH is 1. The van der Waals surface area contributed by atoms with Crippen molar-refractivity contribution in [2.24, 2.45) is 0 Å². The van der Waals surface area contributed by atoms with Gasteiger partial charge in [-0.05, 0) is 48.9 Å². The molecule has 1 fully saturated rings. The minimum absolute atomic E-state index is 0.177. The number of hydrogen-bond donors (Lipinski definition) is 2. The fourth-order valence-electron chi connectivity index (χ4n) is 3.44. The van der Waals surface area contributed by atoms with Crippen LogP contribution >= 0.6 is 0 Å². The van der Waals surface area contributed by atoms with Gasteiger partial charge in [-0.3, -0.25) is 0 Å². The number of aliphatic hydroxyl groups is 1. The van der Waals surface area contributed by atoms with Crippen molar-refractivity contribution in [2.45, 2.75) is 56.7 Å². The van der Waals surface area contributed by atoms with Crippen molar-refractivity contribution in [2.75, 3.05) is 7.11 Å². The average Bonchev–Trinajstić information content (AvgIpc) is 2.84. The summed E-state index contributed by atoms with van der Waals surface area (Å²) >= 11 is 0. The zero-order chi connectivity index (χ0) is 13.2. The molecular weight excluding hydrogens is 238 g/mol. The topological polar surface area (TPSA) is 41.5 Å². The number of nitrogens with one attached hydrogen (secondary N) is 1. The molecule has 1 aromatic carbocycles. The van der Waals surface area contributed by atoms with Crippen LogP contribution in [0.5, 0.6) is 5.75 Å². The monoisotopic (exact) mass is 261 g/mol. The molecule has 0 saturated heterocycles. The van der Waals surface area contributed by atoms with Crippen LogP contribution < -0.4 is 10.1 Å². The predicted octanol–water partition coefficient (Wildman–Crippen LogP) is 2.58. The quantitative estimate of drug-likeness (QED) is 0.878.